The Morgan fingerprint density at radius 1 is 1.03 bits per heavy atom. The second kappa shape index (κ2) is 10.00. The topological polar surface area (TPSA) is 58.7 Å². The van der Waals surface area contributed by atoms with Crippen molar-refractivity contribution in [1.82, 2.24) is 0 Å². The van der Waals surface area contributed by atoms with Crippen LogP contribution in [0.4, 0.5) is 10.1 Å². The number of halogens is 1. The Bertz CT molecular complexity index is 1180. The summed E-state index contributed by atoms with van der Waals surface area (Å²) in [4.78, 5) is 2.43. The number of aliphatic hydroxyl groups excluding tert-OH is 1. The summed E-state index contributed by atoms with van der Waals surface area (Å²) < 4.78 is 21.8. The van der Waals surface area contributed by atoms with Gasteiger partial charge in [-0.25, -0.2) is 4.39 Å². The van der Waals surface area contributed by atoms with Gasteiger partial charge in [-0.15, -0.1) is 0 Å². The summed E-state index contributed by atoms with van der Waals surface area (Å²) in [5.41, 5.74) is 11.5. The van der Waals surface area contributed by atoms with Gasteiger partial charge in [0.15, 0.2) is 0 Å². The number of hydrogen-bond acceptors (Lipinski definition) is 4. The first-order valence-electron chi connectivity index (χ1n) is 12.8. The summed E-state index contributed by atoms with van der Waals surface area (Å²) in [7, 11) is 0. The SMILES string of the molecule is CCc1ccccc1OCc1cc(-c2cccc(C(N)CO)c2F)cc(N2CCC3(CC2)CC3)c1. The molecule has 0 bridgehead atoms. The van der Waals surface area contributed by atoms with Gasteiger partial charge in [0, 0.05) is 29.9 Å². The Hall–Kier alpha value is -2.89. The highest BCUT2D eigenvalue weighted by molar-refractivity contribution is 5.71. The van der Waals surface area contributed by atoms with Crippen LogP contribution in [0, 0.1) is 11.2 Å². The minimum Gasteiger partial charge on any atom is -0.489 e. The number of aryl methyl sites for hydroxylation is 1. The number of hydrogen-bond donors (Lipinski definition) is 2. The van der Waals surface area contributed by atoms with Gasteiger partial charge in [0.05, 0.1) is 12.6 Å². The normalized spacial score (nSPS) is 17.4. The zero-order chi connectivity index (χ0) is 24.4. The van der Waals surface area contributed by atoms with Crippen molar-refractivity contribution in [3.8, 4) is 16.9 Å². The zero-order valence-corrected chi connectivity index (χ0v) is 20.5. The second-order valence-corrected chi connectivity index (χ2v) is 10.1. The summed E-state index contributed by atoms with van der Waals surface area (Å²) in [5.74, 6) is 0.516. The Labute approximate surface area is 207 Å². The molecule has 3 aromatic carbocycles. The number of benzene rings is 3. The number of nitrogens with zero attached hydrogens (tertiary/aromatic N) is 1. The third-order valence-electron chi connectivity index (χ3n) is 7.81. The number of rotatable bonds is 8. The Morgan fingerprint density at radius 2 is 1.80 bits per heavy atom. The molecule has 5 rings (SSSR count). The molecule has 1 aliphatic carbocycles. The highest BCUT2D eigenvalue weighted by Crippen LogP contribution is 2.54. The predicted molar refractivity (Wildman–Crippen MR) is 139 cm³/mol. The van der Waals surface area contributed by atoms with Crippen molar-refractivity contribution in [2.75, 3.05) is 24.6 Å². The summed E-state index contributed by atoms with van der Waals surface area (Å²) in [6.45, 7) is 4.29. The number of piperidine rings is 1. The Kier molecular flexibility index (Phi) is 6.81. The van der Waals surface area contributed by atoms with Crippen molar-refractivity contribution in [2.24, 2.45) is 11.1 Å². The molecular formula is C30H35FN2O2. The Balaban J connectivity index is 1.49. The van der Waals surface area contributed by atoms with Crippen molar-refractivity contribution < 1.29 is 14.2 Å². The van der Waals surface area contributed by atoms with E-state index in [2.05, 4.69) is 30.0 Å². The van der Waals surface area contributed by atoms with Gasteiger partial charge >= 0.3 is 0 Å². The largest absolute Gasteiger partial charge is 0.489 e. The summed E-state index contributed by atoms with van der Waals surface area (Å²) in [6, 6.07) is 18.9. The van der Waals surface area contributed by atoms with E-state index in [-0.39, 0.29) is 12.4 Å². The highest BCUT2D eigenvalue weighted by atomic mass is 19.1. The molecule has 1 spiro atoms. The van der Waals surface area contributed by atoms with Gasteiger partial charge in [0.2, 0.25) is 0 Å². The lowest BCUT2D eigenvalue weighted by Gasteiger charge is -2.34. The van der Waals surface area contributed by atoms with E-state index in [1.54, 1.807) is 18.2 Å². The first-order chi connectivity index (χ1) is 17.0. The molecule has 3 N–H and O–H groups in total. The van der Waals surface area contributed by atoms with E-state index in [1.807, 2.05) is 24.3 Å². The average Bonchev–Trinajstić information content (AvgIpc) is 3.66. The van der Waals surface area contributed by atoms with Crippen LogP contribution in [-0.4, -0.2) is 24.8 Å². The van der Waals surface area contributed by atoms with Crippen LogP contribution in [0.2, 0.25) is 0 Å². The number of ether oxygens (including phenoxy) is 1. The number of anilines is 1. The molecule has 184 valence electrons. The molecule has 5 heteroatoms. The Morgan fingerprint density at radius 3 is 2.51 bits per heavy atom. The molecule has 0 amide bonds. The minimum absolute atomic E-state index is 0.300. The van der Waals surface area contributed by atoms with Crippen LogP contribution in [0.25, 0.3) is 11.1 Å². The molecule has 1 aliphatic heterocycles. The molecular weight excluding hydrogens is 439 g/mol. The highest BCUT2D eigenvalue weighted by Gasteiger charge is 2.44. The van der Waals surface area contributed by atoms with Gasteiger partial charge in [0.1, 0.15) is 18.2 Å². The fraction of sp³-hybridized carbons (Fsp3) is 0.400. The number of para-hydroxylation sites is 1. The first kappa shape index (κ1) is 23.8. The van der Waals surface area contributed by atoms with Gasteiger partial charge in [-0.1, -0.05) is 43.3 Å². The molecule has 2 fully saturated rings. The van der Waals surface area contributed by atoms with E-state index in [1.165, 1.54) is 31.2 Å². The van der Waals surface area contributed by atoms with Gasteiger partial charge in [-0.05, 0) is 78.5 Å². The van der Waals surface area contributed by atoms with Crippen LogP contribution in [-0.2, 0) is 13.0 Å². The minimum atomic E-state index is -0.747. The van der Waals surface area contributed by atoms with Crippen LogP contribution < -0.4 is 15.4 Å². The van der Waals surface area contributed by atoms with Gasteiger partial charge < -0.3 is 20.5 Å². The third kappa shape index (κ3) is 5.07. The second-order valence-electron chi connectivity index (χ2n) is 10.1. The maximum absolute atomic E-state index is 15.5. The average molecular weight is 475 g/mol. The molecule has 1 saturated heterocycles. The van der Waals surface area contributed by atoms with Crippen LogP contribution in [0.15, 0.2) is 60.7 Å². The van der Waals surface area contributed by atoms with Gasteiger partial charge in [-0.3, -0.25) is 0 Å². The van der Waals surface area contributed by atoms with E-state index in [4.69, 9.17) is 10.5 Å². The molecule has 1 atom stereocenters. The van der Waals surface area contributed by atoms with Crippen LogP contribution in [0.3, 0.4) is 0 Å². The molecule has 3 aromatic rings. The molecule has 1 unspecified atom stereocenters. The number of nitrogens with two attached hydrogens (primary N) is 1. The third-order valence-corrected chi connectivity index (χ3v) is 7.81. The quantitative estimate of drug-likeness (QED) is 0.420. The van der Waals surface area contributed by atoms with E-state index >= 15 is 4.39 Å². The van der Waals surface area contributed by atoms with Crippen LogP contribution in [0.1, 0.15) is 55.3 Å². The molecule has 2 aliphatic rings. The van der Waals surface area contributed by atoms with Crippen LogP contribution in [0.5, 0.6) is 5.75 Å². The standard InChI is InChI=1S/C30H35FN2O2/c1-2-22-6-3-4-9-28(22)35-20-21-16-23(25-7-5-8-26(29(25)31)27(32)19-34)18-24(17-21)33-14-12-30(10-11-30)13-15-33/h3-9,16-18,27,34H,2,10-15,19-20,32H2,1H3. The lowest BCUT2D eigenvalue weighted by Crippen LogP contribution is -2.34. The van der Waals surface area contributed by atoms with Crippen molar-refractivity contribution in [1.29, 1.82) is 0 Å². The maximum Gasteiger partial charge on any atom is 0.135 e. The van der Waals surface area contributed by atoms with E-state index in [0.29, 0.717) is 23.1 Å². The van der Waals surface area contributed by atoms with Crippen molar-refractivity contribution in [2.45, 2.75) is 51.7 Å². The summed E-state index contributed by atoms with van der Waals surface area (Å²) in [5, 5.41) is 9.49. The molecule has 0 aromatic heterocycles. The zero-order valence-electron chi connectivity index (χ0n) is 20.5. The molecule has 4 nitrogen and oxygen atoms in total. The molecule has 35 heavy (non-hydrogen) atoms. The smallest absolute Gasteiger partial charge is 0.135 e. The lowest BCUT2D eigenvalue weighted by atomic mass is 9.92. The fourth-order valence-electron chi connectivity index (χ4n) is 5.27. The van der Waals surface area contributed by atoms with E-state index < -0.39 is 6.04 Å². The number of aliphatic hydroxyl groups is 1. The monoisotopic (exact) mass is 474 g/mol. The van der Waals surface area contributed by atoms with Gasteiger partial charge in [0.25, 0.3) is 0 Å². The van der Waals surface area contributed by atoms with E-state index in [0.717, 1.165) is 42.1 Å². The van der Waals surface area contributed by atoms with Crippen LogP contribution >= 0.6 is 0 Å². The maximum atomic E-state index is 15.5. The van der Waals surface area contributed by atoms with Crippen molar-refractivity contribution in [3.05, 3.63) is 83.2 Å². The first-order valence-corrected chi connectivity index (χ1v) is 12.8. The van der Waals surface area contributed by atoms with Crippen molar-refractivity contribution in [3.63, 3.8) is 0 Å². The molecule has 1 saturated carbocycles. The van der Waals surface area contributed by atoms with Gasteiger partial charge in [-0.2, -0.15) is 0 Å². The fourth-order valence-corrected chi connectivity index (χ4v) is 5.27. The predicted octanol–water partition coefficient (Wildman–Crippen LogP) is 6.01. The molecule has 0 radical (unpaired) electrons. The summed E-state index contributed by atoms with van der Waals surface area (Å²) >= 11 is 0. The molecule has 1 heterocycles. The lowest BCUT2D eigenvalue weighted by molar-refractivity contribution is 0.265. The van der Waals surface area contributed by atoms with Crippen molar-refractivity contribution >= 4 is 5.69 Å². The summed E-state index contributed by atoms with van der Waals surface area (Å²) in [6.07, 6.45) is 6.07. The van der Waals surface area contributed by atoms with E-state index in [9.17, 15) is 5.11 Å².